The van der Waals surface area contributed by atoms with E-state index in [4.69, 9.17) is 6.85 Å². The molecule has 86 heavy (non-hydrogen) atoms. The van der Waals surface area contributed by atoms with Crippen molar-refractivity contribution in [2.45, 2.75) is 68.1 Å². The Hall–Kier alpha value is -9.64. The summed E-state index contributed by atoms with van der Waals surface area (Å²) in [5.41, 5.74) is 28.0. The van der Waals surface area contributed by atoms with Crippen molar-refractivity contribution >= 4 is 0 Å². The van der Waals surface area contributed by atoms with Crippen molar-refractivity contribution in [3.8, 4) is 89.5 Å². The number of pyridine rings is 4. The van der Waals surface area contributed by atoms with Gasteiger partial charge in [0.05, 0.1) is 0 Å². The molecule has 4 heterocycles. The van der Waals surface area contributed by atoms with Crippen LogP contribution < -0.4 is 18.3 Å². The quantitative estimate of drug-likeness (QED) is 0.121. The molecule has 0 spiro atoms. The second kappa shape index (κ2) is 28.8. The van der Waals surface area contributed by atoms with Gasteiger partial charge in [-0.15, -0.1) is 0 Å². The minimum atomic E-state index is -2.06. The molecule has 0 radical (unpaired) electrons. The molecule has 4 nitrogen and oxygen atoms in total. The Balaban J connectivity index is 0.000000144. The molecule has 0 atom stereocenters. The average molecular weight is 1130 g/mol. The largest absolute Gasteiger partial charge is 0.212 e. The summed E-state index contributed by atoms with van der Waals surface area (Å²) in [6.07, 6.45) is 8.39. The van der Waals surface area contributed by atoms with E-state index in [9.17, 15) is 0 Å². The van der Waals surface area contributed by atoms with Gasteiger partial charge in [-0.05, 0) is 158 Å². The fourth-order valence-corrected chi connectivity index (χ4v) is 10.8. The smallest absolute Gasteiger partial charge is 0.200 e. The lowest BCUT2D eigenvalue weighted by Gasteiger charge is -2.06. The Bertz CT molecular complexity index is 4280. The molecule has 12 rings (SSSR count). The second-order valence-electron chi connectivity index (χ2n) is 22.2. The number of hydrogen-bond acceptors (Lipinski definition) is 0. The number of aromatic nitrogens is 4. The maximum Gasteiger partial charge on any atom is 0.212 e. The predicted molar refractivity (Wildman–Crippen MR) is 361 cm³/mol. The first-order valence-corrected chi connectivity index (χ1v) is 29.7. The van der Waals surface area contributed by atoms with Crippen molar-refractivity contribution in [3.63, 3.8) is 0 Å². The Kier molecular flexibility index (Phi) is 18.2. The highest BCUT2D eigenvalue weighted by molar-refractivity contribution is 5.70. The Morgan fingerprint density at radius 3 is 0.767 bits per heavy atom. The summed E-state index contributed by atoms with van der Waals surface area (Å²) < 4.78 is 46.6. The second-order valence-corrected chi connectivity index (χ2v) is 22.2. The molecule has 0 fully saturated rings. The molecule has 428 valence electrons. The van der Waals surface area contributed by atoms with Gasteiger partial charge in [0.25, 0.3) is 0 Å². The van der Waals surface area contributed by atoms with Gasteiger partial charge in [-0.2, -0.15) is 0 Å². The van der Waals surface area contributed by atoms with Crippen LogP contribution in [0.25, 0.3) is 89.5 Å². The standard InChI is InChI=1S/2C21H22N.2C20H20N/c2*1-4-17-9-11-18(12-10-17)19-13-14-21(22(3)15-19)20-8-6-5-7-16(20)2;2*1-15-8-10-17(11-9-15)18-12-13-20(21(3)14-18)19-7-5-4-6-16(19)2/h2*5-15H,4H2,1-3H3;2*4-14H,1-3H3/q4*+1/i4D2;;1D3;. The van der Waals surface area contributed by atoms with Crippen molar-refractivity contribution in [1.82, 2.24) is 0 Å². The van der Waals surface area contributed by atoms with Gasteiger partial charge in [-0.1, -0.05) is 195 Å². The molecule has 4 heteroatoms. The Morgan fingerprint density at radius 1 is 0.279 bits per heavy atom. The Morgan fingerprint density at radius 2 is 0.523 bits per heavy atom. The minimum absolute atomic E-state index is 0.368. The van der Waals surface area contributed by atoms with Crippen molar-refractivity contribution in [1.29, 1.82) is 0 Å². The van der Waals surface area contributed by atoms with Crippen LogP contribution in [0.15, 0.2) is 267 Å². The SMILES string of the molecule is CCc1ccc(-c2ccc(-c3ccccc3C)[n+](C)c2)cc1.Cc1ccc(-c2ccc(-c3ccccc3C)[n+](C)c2)cc1.[2H]C([2H])(C)c1ccc(-c2ccc(-c3ccccc3C)[n+](C)c2)cc1.[2H]C([2H])([2H])c1ccc(-c2ccc(-c3ccccc3C)[n+](C)c2)cc1. The van der Waals surface area contributed by atoms with Crippen LogP contribution in [0, 0.1) is 41.5 Å². The first kappa shape index (κ1) is 54.3. The summed E-state index contributed by atoms with van der Waals surface area (Å²) in [6.45, 7) is 12.4. The van der Waals surface area contributed by atoms with Crippen molar-refractivity contribution in [3.05, 3.63) is 312 Å². The summed E-state index contributed by atoms with van der Waals surface area (Å²) in [6, 6.07) is 83.3. The number of hydrogen-bond donors (Lipinski definition) is 0. The predicted octanol–water partition coefficient (Wildman–Crippen LogP) is 18.4. The number of nitrogens with zero attached hydrogens (tertiary/aromatic N) is 4. The van der Waals surface area contributed by atoms with E-state index < -0.39 is 13.2 Å². The maximum atomic E-state index is 7.79. The van der Waals surface area contributed by atoms with Crippen LogP contribution in [-0.2, 0) is 41.0 Å². The minimum Gasteiger partial charge on any atom is -0.200 e. The molecule has 0 aliphatic rings. The molecule has 0 N–H and O–H groups in total. The van der Waals surface area contributed by atoms with Crippen LogP contribution in [0.2, 0.25) is 0 Å². The summed E-state index contributed by atoms with van der Waals surface area (Å²) in [4.78, 5) is 0. The highest BCUT2D eigenvalue weighted by Gasteiger charge is 2.18. The average Bonchev–Trinajstić information content (AvgIpc) is 1.30. The van der Waals surface area contributed by atoms with Gasteiger partial charge in [0.15, 0.2) is 24.8 Å². The number of rotatable bonds is 10. The summed E-state index contributed by atoms with van der Waals surface area (Å²) >= 11 is 0. The normalized spacial score (nSPS) is 11.8. The molecule has 0 amide bonds. The third-order valence-electron chi connectivity index (χ3n) is 16.0. The van der Waals surface area contributed by atoms with Crippen molar-refractivity contribution in [2.75, 3.05) is 0 Å². The lowest BCUT2D eigenvalue weighted by molar-refractivity contribution is -0.660. The third-order valence-corrected chi connectivity index (χ3v) is 16.0. The molecule has 8 aromatic carbocycles. The van der Waals surface area contributed by atoms with Crippen LogP contribution in [0.3, 0.4) is 0 Å². The van der Waals surface area contributed by atoms with E-state index >= 15 is 0 Å². The van der Waals surface area contributed by atoms with Gasteiger partial charge >= 0.3 is 0 Å². The maximum absolute atomic E-state index is 7.79. The van der Waals surface area contributed by atoms with Crippen LogP contribution >= 0.6 is 0 Å². The topological polar surface area (TPSA) is 15.5 Å². The van der Waals surface area contributed by atoms with Gasteiger partial charge in [0.2, 0.25) is 22.8 Å². The molecule has 0 unspecified atom stereocenters. The van der Waals surface area contributed by atoms with E-state index in [-0.39, 0.29) is 0 Å². The van der Waals surface area contributed by atoms with E-state index in [1.54, 1.807) is 19.1 Å². The molecule has 4 aromatic heterocycles. The molecule has 0 bridgehead atoms. The summed E-state index contributed by atoms with van der Waals surface area (Å²) in [5, 5.41) is 0. The van der Waals surface area contributed by atoms with Crippen LogP contribution in [-0.4, -0.2) is 0 Å². The van der Waals surface area contributed by atoms with Crippen molar-refractivity contribution in [2.24, 2.45) is 28.2 Å². The first-order valence-electron chi connectivity index (χ1n) is 32.2. The zero-order chi connectivity index (χ0) is 65.0. The van der Waals surface area contributed by atoms with Crippen LogP contribution in [0.5, 0.6) is 0 Å². The van der Waals surface area contributed by atoms with Gasteiger partial charge in [0.1, 0.15) is 28.2 Å². The van der Waals surface area contributed by atoms with E-state index in [2.05, 4.69) is 288 Å². The highest BCUT2D eigenvalue weighted by Crippen LogP contribution is 2.29. The molecule has 12 aromatic rings. The lowest BCUT2D eigenvalue weighted by atomic mass is 10.0. The molecular weight excluding hydrogens is 1040 g/mol. The fraction of sp³-hybridized carbons (Fsp3) is 0.171. The monoisotopic (exact) mass is 1130 g/mol. The summed E-state index contributed by atoms with van der Waals surface area (Å²) in [5.74, 6) is 0. The van der Waals surface area contributed by atoms with E-state index in [1.807, 2.05) is 55.6 Å². The van der Waals surface area contributed by atoms with E-state index in [0.29, 0.717) is 11.1 Å². The highest BCUT2D eigenvalue weighted by atomic mass is 14.9. The van der Waals surface area contributed by atoms with Crippen molar-refractivity contribution < 1.29 is 25.1 Å². The van der Waals surface area contributed by atoms with Crippen LogP contribution in [0.4, 0.5) is 0 Å². The van der Waals surface area contributed by atoms with Crippen LogP contribution in [0.1, 0.15) is 65.2 Å². The molecule has 0 saturated heterocycles. The molecule has 0 aliphatic heterocycles. The van der Waals surface area contributed by atoms with E-state index in [1.165, 1.54) is 95.0 Å². The molecular formula is C82H84N4+4. The number of aryl methyl sites for hydroxylation is 12. The van der Waals surface area contributed by atoms with Gasteiger partial charge in [0, 0.05) is 75.6 Å². The zero-order valence-corrected chi connectivity index (χ0v) is 51.9. The van der Waals surface area contributed by atoms with Gasteiger partial charge in [-0.25, -0.2) is 18.3 Å². The zero-order valence-electron chi connectivity index (χ0n) is 56.9. The Labute approximate surface area is 520 Å². The molecule has 0 aliphatic carbocycles. The summed E-state index contributed by atoms with van der Waals surface area (Å²) in [7, 11) is 8.32. The first-order chi connectivity index (χ1) is 43.6. The van der Waals surface area contributed by atoms with E-state index in [0.717, 1.165) is 34.4 Å². The lowest BCUT2D eigenvalue weighted by Crippen LogP contribution is -2.30. The number of benzene rings is 8. The van der Waals surface area contributed by atoms with Gasteiger partial charge in [-0.3, -0.25) is 0 Å². The fourth-order valence-electron chi connectivity index (χ4n) is 10.8. The third kappa shape index (κ3) is 15.2. The van der Waals surface area contributed by atoms with Gasteiger partial charge < -0.3 is 0 Å². The molecule has 0 saturated carbocycles.